The normalized spacial score (nSPS) is 12.8. The molecular weight excluding hydrogens is 278 g/mol. The van der Waals surface area contributed by atoms with E-state index in [-0.39, 0.29) is 5.92 Å². The van der Waals surface area contributed by atoms with Crippen LogP contribution in [0.2, 0.25) is 0 Å². The molecule has 0 fully saturated rings. The lowest BCUT2D eigenvalue weighted by Crippen LogP contribution is -2.22. The zero-order valence-electron chi connectivity index (χ0n) is 13.0. The van der Waals surface area contributed by atoms with E-state index in [1.807, 2.05) is 6.92 Å². The molecule has 3 aromatic rings. The molecule has 23 heavy (non-hydrogen) atoms. The Hall–Kier alpha value is -2.98. The van der Waals surface area contributed by atoms with E-state index in [4.69, 9.17) is 0 Å². The van der Waals surface area contributed by atoms with E-state index in [0.717, 1.165) is 0 Å². The van der Waals surface area contributed by atoms with Crippen LogP contribution in [0.15, 0.2) is 78.9 Å². The molecule has 0 saturated carbocycles. The fourth-order valence-corrected chi connectivity index (χ4v) is 3.40. The highest BCUT2D eigenvalue weighted by Crippen LogP contribution is 2.47. The van der Waals surface area contributed by atoms with Crippen molar-refractivity contribution in [2.75, 3.05) is 4.90 Å². The van der Waals surface area contributed by atoms with Gasteiger partial charge in [-0.15, -0.1) is 0 Å². The molecule has 1 heteroatoms. The van der Waals surface area contributed by atoms with E-state index >= 15 is 0 Å². The summed E-state index contributed by atoms with van der Waals surface area (Å²) in [6, 6.07) is 31.1. The Bertz CT molecular complexity index is 852. The molecule has 0 radical (unpaired) electrons. The topological polar surface area (TPSA) is 3.24 Å². The third kappa shape index (κ3) is 2.20. The van der Waals surface area contributed by atoms with Crippen LogP contribution in [-0.2, 0) is 0 Å². The van der Waals surface area contributed by atoms with Gasteiger partial charge in [0.2, 0.25) is 0 Å². The Morgan fingerprint density at radius 2 is 1.22 bits per heavy atom. The molecule has 110 valence electrons. The smallest absolute Gasteiger partial charge is 0.0587 e. The van der Waals surface area contributed by atoms with Crippen molar-refractivity contribution in [3.63, 3.8) is 0 Å². The standard InChI is InChI=1S/C22H17N/c1-2-16-23-20-14-8-6-12-18(20)22(17-10-4-3-5-11-17)19-13-7-9-15-21(19)23/h3-15,22H,1H3. The van der Waals surface area contributed by atoms with Crippen LogP contribution in [0.3, 0.4) is 0 Å². The summed E-state index contributed by atoms with van der Waals surface area (Å²) in [5.41, 5.74) is 6.28. The van der Waals surface area contributed by atoms with E-state index in [9.17, 15) is 0 Å². The maximum Gasteiger partial charge on any atom is 0.0587 e. The molecule has 1 heterocycles. The van der Waals surface area contributed by atoms with Gasteiger partial charge < -0.3 is 0 Å². The Labute approximate surface area is 137 Å². The van der Waals surface area contributed by atoms with Gasteiger partial charge in [0, 0.05) is 12.0 Å². The number of benzene rings is 3. The lowest BCUT2D eigenvalue weighted by atomic mass is 9.80. The highest BCUT2D eigenvalue weighted by Gasteiger charge is 2.30. The average molecular weight is 295 g/mol. The van der Waals surface area contributed by atoms with Crippen LogP contribution in [0, 0.1) is 12.0 Å². The minimum Gasteiger partial charge on any atom is -0.269 e. The minimum atomic E-state index is 0.249. The number of fused-ring (bicyclic) bond motifs is 2. The summed E-state index contributed by atoms with van der Waals surface area (Å²) in [6.45, 7) is 1.88. The molecule has 0 bridgehead atoms. The molecule has 0 saturated heterocycles. The molecule has 0 atom stereocenters. The molecular formula is C22H17N. The fourth-order valence-electron chi connectivity index (χ4n) is 3.40. The van der Waals surface area contributed by atoms with Crippen LogP contribution in [0.4, 0.5) is 11.4 Å². The molecule has 4 rings (SSSR count). The molecule has 0 aromatic heterocycles. The van der Waals surface area contributed by atoms with Crippen molar-refractivity contribution in [1.82, 2.24) is 0 Å². The number of hydrogen-bond donors (Lipinski definition) is 0. The molecule has 0 aliphatic carbocycles. The minimum absolute atomic E-state index is 0.249. The fraction of sp³-hybridized carbons (Fsp3) is 0.0909. The van der Waals surface area contributed by atoms with Gasteiger partial charge in [-0.3, -0.25) is 4.90 Å². The maximum atomic E-state index is 3.25. The number of para-hydroxylation sites is 2. The number of hydrogen-bond acceptors (Lipinski definition) is 1. The first-order valence-corrected chi connectivity index (χ1v) is 7.85. The third-order valence-electron chi connectivity index (χ3n) is 4.33. The lowest BCUT2D eigenvalue weighted by molar-refractivity contribution is 0.942. The second kappa shape index (κ2) is 5.66. The quantitative estimate of drug-likeness (QED) is 0.551. The molecule has 1 nitrogen and oxygen atoms in total. The summed E-state index contributed by atoms with van der Waals surface area (Å²) in [4.78, 5) is 2.12. The average Bonchev–Trinajstić information content (AvgIpc) is 2.62. The van der Waals surface area contributed by atoms with Crippen molar-refractivity contribution >= 4 is 11.4 Å². The molecule has 1 aliphatic rings. The molecule has 0 unspecified atom stereocenters. The lowest BCUT2D eigenvalue weighted by Gasteiger charge is -2.34. The highest BCUT2D eigenvalue weighted by atomic mass is 15.1. The number of rotatable bonds is 1. The van der Waals surface area contributed by atoms with Gasteiger partial charge in [-0.2, -0.15) is 0 Å². The Morgan fingerprint density at radius 3 is 1.78 bits per heavy atom. The second-order valence-corrected chi connectivity index (χ2v) is 5.66. The van der Waals surface area contributed by atoms with Gasteiger partial charge in [-0.05, 0) is 35.7 Å². The van der Waals surface area contributed by atoms with Crippen molar-refractivity contribution in [1.29, 1.82) is 0 Å². The maximum absolute atomic E-state index is 3.25. The number of nitrogens with zero attached hydrogens (tertiary/aromatic N) is 1. The summed E-state index contributed by atoms with van der Waals surface area (Å²) >= 11 is 0. The van der Waals surface area contributed by atoms with Crippen molar-refractivity contribution in [2.45, 2.75) is 12.8 Å². The molecule has 3 aromatic carbocycles. The van der Waals surface area contributed by atoms with Crippen molar-refractivity contribution < 1.29 is 0 Å². The van der Waals surface area contributed by atoms with E-state index in [1.54, 1.807) is 0 Å². The predicted molar refractivity (Wildman–Crippen MR) is 95.9 cm³/mol. The molecule has 0 N–H and O–H groups in total. The van der Waals surface area contributed by atoms with Crippen molar-refractivity contribution in [3.8, 4) is 12.0 Å². The Kier molecular flexibility index (Phi) is 3.37. The van der Waals surface area contributed by atoms with Gasteiger partial charge in [-0.25, -0.2) is 0 Å². The largest absolute Gasteiger partial charge is 0.269 e. The zero-order valence-corrected chi connectivity index (χ0v) is 13.0. The van der Waals surface area contributed by atoms with Gasteiger partial charge in [-0.1, -0.05) is 72.7 Å². The SMILES string of the molecule is CC#CN1c2ccccc2C(c2ccccc2)c2ccccc21. The van der Waals surface area contributed by atoms with Gasteiger partial charge in [0.15, 0.2) is 0 Å². The van der Waals surface area contributed by atoms with Crippen LogP contribution >= 0.6 is 0 Å². The summed E-state index contributed by atoms with van der Waals surface area (Å²) in [5, 5.41) is 0. The number of anilines is 2. The first-order valence-electron chi connectivity index (χ1n) is 7.85. The first-order chi connectivity index (χ1) is 11.4. The first kappa shape index (κ1) is 13.7. The monoisotopic (exact) mass is 295 g/mol. The van der Waals surface area contributed by atoms with Gasteiger partial charge >= 0.3 is 0 Å². The summed E-state index contributed by atoms with van der Waals surface area (Å²) in [5.74, 6) is 3.30. The molecule has 1 aliphatic heterocycles. The van der Waals surface area contributed by atoms with E-state index < -0.39 is 0 Å². The van der Waals surface area contributed by atoms with E-state index in [1.165, 1.54) is 28.1 Å². The summed E-state index contributed by atoms with van der Waals surface area (Å²) in [7, 11) is 0. The highest BCUT2D eigenvalue weighted by molar-refractivity contribution is 5.80. The molecule has 0 amide bonds. The summed E-state index contributed by atoms with van der Waals surface area (Å²) in [6.07, 6.45) is 0. The van der Waals surface area contributed by atoms with Crippen LogP contribution in [-0.4, -0.2) is 0 Å². The van der Waals surface area contributed by atoms with Crippen LogP contribution < -0.4 is 4.90 Å². The van der Waals surface area contributed by atoms with Crippen LogP contribution in [0.25, 0.3) is 0 Å². The van der Waals surface area contributed by atoms with Crippen molar-refractivity contribution in [3.05, 3.63) is 95.6 Å². The van der Waals surface area contributed by atoms with Crippen LogP contribution in [0.1, 0.15) is 29.5 Å². The van der Waals surface area contributed by atoms with E-state index in [2.05, 4.69) is 95.7 Å². The summed E-state index contributed by atoms with van der Waals surface area (Å²) < 4.78 is 0. The van der Waals surface area contributed by atoms with Gasteiger partial charge in [0.05, 0.1) is 11.4 Å². The Morgan fingerprint density at radius 1 is 0.696 bits per heavy atom. The Balaban J connectivity index is 2.02. The zero-order chi connectivity index (χ0) is 15.6. The third-order valence-corrected chi connectivity index (χ3v) is 4.33. The second-order valence-electron chi connectivity index (χ2n) is 5.66. The van der Waals surface area contributed by atoms with Gasteiger partial charge in [0.1, 0.15) is 0 Å². The molecule has 0 spiro atoms. The van der Waals surface area contributed by atoms with Crippen molar-refractivity contribution in [2.24, 2.45) is 0 Å². The predicted octanol–water partition coefficient (Wildman–Crippen LogP) is 5.30. The van der Waals surface area contributed by atoms with E-state index in [0.29, 0.717) is 0 Å². The van der Waals surface area contributed by atoms with Gasteiger partial charge in [0.25, 0.3) is 0 Å². The van der Waals surface area contributed by atoms with Crippen LogP contribution in [0.5, 0.6) is 0 Å².